The van der Waals surface area contributed by atoms with Crippen LogP contribution in [0.3, 0.4) is 0 Å². The summed E-state index contributed by atoms with van der Waals surface area (Å²) in [6, 6.07) is 22.7. The smallest absolute Gasteiger partial charge is 0.369 e. The number of pyridine rings is 1. The van der Waals surface area contributed by atoms with Gasteiger partial charge < -0.3 is 9.88 Å². The van der Waals surface area contributed by atoms with Crippen molar-refractivity contribution >= 4 is 16.6 Å². The van der Waals surface area contributed by atoms with Gasteiger partial charge >= 0.3 is 6.18 Å². The van der Waals surface area contributed by atoms with E-state index in [4.69, 9.17) is 0 Å². The van der Waals surface area contributed by atoms with Crippen LogP contribution < -0.4 is 10.5 Å². The van der Waals surface area contributed by atoms with Gasteiger partial charge in [0.1, 0.15) is 6.04 Å². The SMILES string of the molecule is Cc1cccc2cc(C(c3nnnn3CCc3ccccc3)N3CCN(c4cccc(C(F)(F)F)c4)CC3)c(=O)[nH]c12. The number of hydrogen-bond acceptors (Lipinski definition) is 6. The number of fused-ring (bicyclic) bond motifs is 1. The first-order chi connectivity index (χ1) is 20.3. The van der Waals surface area contributed by atoms with Crippen LogP contribution in [0.15, 0.2) is 83.7 Å². The van der Waals surface area contributed by atoms with Crippen molar-refractivity contribution < 1.29 is 13.2 Å². The molecule has 1 atom stereocenters. The Morgan fingerprint density at radius 1 is 0.929 bits per heavy atom. The summed E-state index contributed by atoms with van der Waals surface area (Å²) >= 11 is 0. The zero-order chi connectivity index (χ0) is 29.3. The second-order valence-corrected chi connectivity index (χ2v) is 10.6. The number of aromatic nitrogens is 5. The number of tetrazole rings is 1. The fourth-order valence-electron chi connectivity index (χ4n) is 5.67. The van der Waals surface area contributed by atoms with E-state index >= 15 is 0 Å². The molecule has 1 saturated heterocycles. The van der Waals surface area contributed by atoms with Gasteiger partial charge in [-0.25, -0.2) is 4.68 Å². The fourth-order valence-corrected chi connectivity index (χ4v) is 5.67. The van der Waals surface area contributed by atoms with Gasteiger partial charge in [-0.05, 0) is 64.5 Å². The van der Waals surface area contributed by atoms with E-state index in [1.165, 1.54) is 12.1 Å². The largest absolute Gasteiger partial charge is 0.416 e. The highest BCUT2D eigenvalue weighted by molar-refractivity contribution is 5.82. The molecule has 0 bridgehead atoms. The molecule has 1 fully saturated rings. The van der Waals surface area contributed by atoms with Crippen molar-refractivity contribution in [2.45, 2.75) is 32.1 Å². The molecule has 1 unspecified atom stereocenters. The highest BCUT2D eigenvalue weighted by Crippen LogP contribution is 2.33. The summed E-state index contributed by atoms with van der Waals surface area (Å²) in [7, 11) is 0. The molecule has 3 aromatic carbocycles. The molecular formula is C31H30F3N7O. The van der Waals surface area contributed by atoms with Crippen LogP contribution in [0.2, 0.25) is 0 Å². The second-order valence-electron chi connectivity index (χ2n) is 10.6. The number of aromatic amines is 1. The normalized spacial score (nSPS) is 15.3. The Kier molecular flexibility index (Phi) is 7.51. The van der Waals surface area contributed by atoms with Crippen LogP contribution in [-0.4, -0.2) is 56.3 Å². The molecular weight excluding hydrogens is 543 g/mol. The number of rotatable bonds is 7. The Balaban J connectivity index is 1.33. The molecule has 8 nitrogen and oxygen atoms in total. The number of hydrogen-bond donors (Lipinski definition) is 1. The number of nitrogens with zero attached hydrogens (tertiary/aromatic N) is 6. The van der Waals surface area contributed by atoms with E-state index in [2.05, 4.69) is 25.4 Å². The molecule has 0 amide bonds. The number of anilines is 1. The average Bonchev–Trinajstić information content (AvgIpc) is 3.46. The summed E-state index contributed by atoms with van der Waals surface area (Å²) < 4.78 is 41.8. The van der Waals surface area contributed by atoms with Gasteiger partial charge in [-0.3, -0.25) is 9.69 Å². The molecule has 0 spiro atoms. The molecule has 3 heterocycles. The van der Waals surface area contributed by atoms with E-state index in [1.807, 2.05) is 66.4 Å². The van der Waals surface area contributed by atoms with E-state index in [0.717, 1.165) is 28.1 Å². The van der Waals surface area contributed by atoms with Crippen LogP contribution in [0.1, 0.15) is 34.1 Å². The fraction of sp³-hybridized carbons (Fsp3) is 0.290. The summed E-state index contributed by atoms with van der Waals surface area (Å²) in [5.74, 6) is 0.552. The lowest BCUT2D eigenvalue weighted by Gasteiger charge is -2.39. The lowest BCUT2D eigenvalue weighted by molar-refractivity contribution is -0.137. The van der Waals surface area contributed by atoms with Crippen molar-refractivity contribution in [3.63, 3.8) is 0 Å². The quantitative estimate of drug-likeness (QED) is 0.295. The van der Waals surface area contributed by atoms with Crippen LogP contribution in [0.5, 0.6) is 0 Å². The van der Waals surface area contributed by atoms with E-state index < -0.39 is 17.8 Å². The number of aryl methyl sites for hydroxylation is 3. The lowest BCUT2D eigenvalue weighted by Crippen LogP contribution is -2.49. The van der Waals surface area contributed by atoms with Gasteiger partial charge in [-0.1, -0.05) is 54.6 Å². The summed E-state index contributed by atoms with van der Waals surface area (Å²) in [5.41, 5.74) is 3.04. The van der Waals surface area contributed by atoms with Crippen molar-refractivity contribution in [3.8, 4) is 0 Å². The van der Waals surface area contributed by atoms with Crippen LogP contribution in [-0.2, 0) is 19.1 Å². The highest BCUT2D eigenvalue weighted by atomic mass is 19.4. The van der Waals surface area contributed by atoms with Crippen LogP contribution in [0.4, 0.5) is 18.9 Å². The minimum Gasteiger partial charge on any atom is -0.369 e. The first-order valence-corrected chi connectivity index (χ1v) is 13.9. The van der Waals surface area contributed by atoms with E-state index in [0.29, 0.717) is 56.2 Å². The Bertz CT molecular complexity index is 1740. The molecule has 0 aliphatic carbocycles. The van der Waals surface area contributed by atoms with E-state index in [-0.39, 0.29) is 5.56 Å². The maximum atomic E-state index is 13.6. The number of piperazine rings is 1. The van der Waals surface area contributed by atoms with E-state index in [1.54, 1.807) is 10.7 Å². The summed E-state index contributed by atoms with van der Waals surface area (Å²) in [6.45, 7) is 4.43. The van der Waals surface area contributed by atoms with E-state index in [9.17, 15) is 18.0 Å². The van der Waals surface area contributed by atoms with Gasteiger partial charge in [0.15, 0.2) is 5.82 Å². The number of alkyl halides is 3. The Labute approximate surface area is 240 Å². The molecule has 6 rings (SSSR count). The molecule has 5 aromatic rings. The first kappa shape index (κ1) is 27.6. The molecule has 2 aromatic heterocycles. The molecule has 216 valence electrons. The maximum Gasteiger partial charge on any atom is 0.416 e. The van der Waals surface area contributed by atoms with Crippen molar-refractivity contribution in [2.75, 3.05) is 31.1 Å². The monoisotopic (exact) mass is 573 g/mol. The first-order valence-electron chi connectivity index (χ1n) is 13.9. The molecule has 1 N–H and O–H groups in total. The van der Waals surface area contributed by atoms with Crippen LogP contribution in [0.25, 0.3) is 10.9 Å². The topological polar surface area (TPSA) is 82.9 Å². The van der Waals surface area contributed by atoms with Crippen LogP contribution >= 0.6 is 0 Å². The molecule has 42 heavy (non-hydrogen) atoms. The Morgan fingerprint density at radius 2 is 1.69 bits per heavy atom. The number of para-hydroxylation sites is 1. The zero-order valence-corrected chi connectivity index (χ0v) is 23.1. The minimum atomic E-state index is -4.41. The predicted molar refractivity (Wildman–Crippen MR) is 154 cm³/mol. The summed E-state index contributed by atoms with van der Waals surface area (Å²) in [6.07, 6.45) is -3.70. The third-order valence-corrected chi connectivity index (χ3v) is 7.89. The predicted octanol–water partition coefficient (Wildman–Crippen LogP) is 5.00. The van der Waals surface area contributed by atoms with Gasteiger partial charge in [0.05, 0.1) is 11.1 Å². The Hall–Kier alpha value is -4.51. The number of halogens is 3. The number of nitrogens with one attached hydrogen (secondary N) is 1. The Morgan fingerprint density at radius 3 is 2.45 bits per heavy atom. The highest BCUT2D eigenvalue weighted by Gasteiger charge is 2.34. The molecule has 1 aliphatic rings. The van der Waals surface area contributed by atoms with Crippen molar-refractivity contribution in [1.29, 1.82) is 0 Å². The van der Waals surface area contributed by atoms with Gasteiger partial charge in [0.2, 0.25) is 0 Å². The molecule has 0 saturated carbocycles. The van der Waals surface area contributed by atoms with Crippen LogP contribution in [0, 0.1) is 6.92 Å². The number of benzene rings is 3. The van der Waals surface area contributed by atoms with Crippen molar-refractivity contribution in [1.82, 2.24) is 30.1 Å². The molecule has 11 heteroatoms. The molecule has 1 aliphatic heterocycles. The lowest BCUT2D eigenvalue weighted by atomic mass is 10.0. The standard InChI is InChI=1S/C31H30F3N7O/c1-21-7-5-10-23-19-26(30(42)35-27(21)23)28(29-36-37-38-41(29)14-13-22-8-3-2-4-9-22)40-17-15-39(16-18-40)25-12-6-11-24(20-25)31(32,33)34/h2-12,19-20,28H,13-18H2,1H3,(H,35,42). The van der Waals surface area contributed by atoms with Crippen molar-refractivity contribution in [3.05, 3.63) is 117 Å². The second kappa shape index (κ2) is 11.4. The minimum absolute atomic E-state index is 0.222. The van der Waals surface area contributed by atoms with Gasteiger partial charge in [-0.2, -0.15) is 13.2 Å². The van der Waals surface area contributed by atoms with Gasteiger partial charge in [-0.15, -0.1) is 5.10 Å². The maximum absolute atomic E-state index is 13.6. The zero-order valence-electron chi connectivity index (χ0n) is 23.1. The van der Waals surface area contributed by atoms with Gasteiger partial charge in [0.25, 0.3) is 5.56 Å². The van der Waals surface area contributed by atoms with Crippen molar-refractivity contribution in [2.24, 2.45) is 0 Å². The summed E-state index contributed by atoms with van der Waals surface area (Å²) in [4.78, 5) is 20.7. The number of H-pyrrole nitrogens is 1. The summed E-state index contributed by atoms with van der Waals surface area (Å²) in [5, 5.41) is 13.6. The third-order valence-electron chi connectivity index (χ3n) is 7.89. The van der Waals surface area contributed by atoms with Gasteiger partial charge in [0, 0.05) is 44.0 Å². The molecule has 0 radical (unpaired) electrons. The average molecular weight is 574 g/mol. The third kappa shape index (κ3) is 5.64.